The summed E-state index contributed by atoms with van der Waals surface area (Å²) in [5.74, 6) is 1.29. The topological polar surface area (TPSA) is 128 Å². The highest BCUT2D eigenvalue weighted by molar-refractivity contribution is 5.84. The minimum Gasteiger partial charge on any atom is -0.482 e. The average Bonchev–Trinajstić information content (AvgIpc) is 3.43. The molecule has 0 aliphatic carbocycles. The largest absolute Gasteiger partial charge is 0.482 e. The predicted molar refractivity (Wildman–Crippen MR) is 165 cm³/mol. The highest BCUT2D eigenvalue weighted by atomic mass is 16.5. The third kappa shape index (κ3) is 4.26. The van der Waals surface area contributed by atoms with Crippen molar-refractivity contribution in [3.8, 4) is 34.1 Å². The van der Waals surface area contributed by atoms with Gasteiger partial charge in [-0.25, -0.2) is 15.0 Å². The molecule has 10 heteroatoms. The minimum absolute atomic E-state index is 0.0291. The smallest absolute Gasteiger partial charge is 0.272 e. The number of nitrogens with zero attached hydrogens (tertiary/aromatic N) is 5. The van der Waals surface area contributed by atoms with Crippen LogP contribution in [0.15, 0.2) is 94.6 Å². The standard InChI is InChI=1S/C33H27N7O3/c34-31-22(7-4-15-35-31)32-38-24-13-12-23(20-5-2-1-3-6-20)37-33(24)40(32)21-10-8-19(9-11-21)17-39-16-14-26-25(18-39)36-27-28(41)29(42)30(27)43-26/h1-13,15,25-26,36H,14,16-18H2,(H2,34,35)/t25-,26+/m1/s1. The van der Waals surface area contributed by atoms with Crippen molar-refractivity contribution in [1.29, 1.82) is 0 Å². The zero-order chi connectivity index (χ0) is 29.1. The summed E-state index contributed by atoms with van der Waals surface area (Å²) >= 11 is 0. The SMILES string of the molecule is Nc1ncccc1-c1nc2ccc(-c3ccccc3)nc2n1-c1ccc(CN2CC[C@@H]3Oc4c(c(=O)c4=O)N[C@@H]3C2)cc1. The number of imidazole rings is 1. The number of hydrogen-bond donors (Lipinski definition) is 2. The van der Waals surface area contributed by atoms with E-state index in [9.17, 15) is 9.59 Å². The Morgan fingerprint density at radius 2 is 1.77 bits per heavy atom. The van der Waals surface area contributed by atoms with Gasteiger partial charge in [-0.3, -0.25) is 19.1 Å². The van der Waals surface area contributed by atoms with Crippen molar-refractivity contribution in [3.05, 3.63) is 111 Å². The molecule has 0 saturated carbocycles. The fourth-order valence-electron chi connectivity index (χ4n) is 6.14. The van der Waals surface area contributed by atoms with E-state index in [1.807, 2.05) is 59.2 Å². The van der Waals surface area contributed by atoms with Gasteiger partial charge in [0, 0.05) is 37.1 Å². The van der Waals surface area contributed by atoms with E-state index in [0.29, 0.717) is 23.9 Å². The molecule has 0 spiro atoms. The lowest BCUT2D eigenvalue weighted by Crippen LogP contribution is -2.57. The molecule has 43 heavy (non-hydrogen) atoms. The number of aromatic nitrogens is 4. The molecule has 3 N–H and O–H groups in total. The molecular formula is C33H27N7O3. The first-order valence-corrected chi connectivity index (χ1v) is 14.3. The number of hydrogen-bond acceptors (Lipinski definition) is 9. The van der Waals surface area contributed by atoms with Crippen molar-refractivity contribution in [2.45, 2.75) is 25.1 Å². The number of benzene rings is 2. The molecule has 0 amide bonds. The van der Waals surface area contributed by atoms with Crippen molar-refractivity contribution in [2.24, 2.45) is 0 Å². The van der Waals surface area contributed by atoms with E-state index >= 15 is 0 Å². The second kappa shape index (κ2) is 9.88. The van der Waals surface area contributed by atoms with Gasteiger partial charge in [-0.2, -0.15) is 0 Å². The fourth-order valence-corrected chi connectivity index (χ4v) is 6.14. The summed E-state index contributed by atoms with van der Waals surface area (Å²) in [6.07, 6.45) is 2.35. The van der Waals surface area contributed by atoms with Crippen LogP contribution >= 0.6 is 0 Å². The number of likely N-dealkylation sites (tertiary alicyclic amines) is 1. The molecule has 10 nitrogen and oxygen atoms in total. The molecule has 5 heterocycles. The lowest BCUT2D eigenvalue weighted by Gasteiger charge is -2.42. The molecule has 0 bridgehead atoms. The molecule has 212 valence electrons. The number of piperidine rings is 1. The molecule has 1 fully saturated rings. The lowest BCUT2D eigenvalue weighted by atomic mass is 9.97. The van der Waals surface area contributed by atoms with Gasteiger partial charge in [0.1, 0.15) is 23.1 Å². The number of nitrogens with one attached hydrogen (secondary N) is 1. The first kappa shape index (κ1) is 25.4. The number of nitrogen functional groups attached to an aromatic ring is 1. The van der Waals surface area contributed by atoms with Crippen LogP contribution in [0.2, 0.25) is 0 Å². The first-order chi connectivity index (χ1) is 21.0. The Kier molecular flexibility index (Phi) is 5.83. The molecule has 2 aliphatic rings. The van der Waals surface area contributed by atoms with Gasteiger partial charge in [-0.1, -0.05) is 42.5 Å². The Morgan fingerprint density at radius 1 is 0.930 bits per heavy atom. The van der Waals surface area contributed by atoms with Crippen molar-refractivity contribution in [1.82, 2.24) is 24.4 Å². The maximum absolute atomic E-state index is 11.9. The first-order valence-electron chi connectivity index (χ1n) is 14.3. The molecule has 6 aromatic rings. The second-order valence-corrected chi connectivity index (χ2v) is 11.1. The van der Waals surface area contributed by atoms with Crippen molar-refractivity contribution in [2.75, 3.05) is 24.1 Å². The van der Waals surface area contributed by atoms with Crippen LogP contribution in [-0.2, 0) is 6.54 Å². The van der Waals surface area contributed by atoms with Gasteiger partial charge in [-0.15, -0.1) is 0 Å². The van der Waals surface area contributed by atoms with Crippen LogP contribution < -0.4 is 26.6 Å². The van der Waals surface area contributed by atoms with Crippen molar-refractivity contribution < 1.29 is 4.74 Å². The Bertz CT molecular complexity index is 2060. The van der Waals surface area contributed by atoms with Crippen LogP contribution in [0.5, 0.6) is 5.75 Å². The van der Waals surface area contributed by atoms with Gasteiger partial charge in [-0.05, 0) is 48.4 Å². The molecule has 2 atom stereocenters. The van der Waals surface area contributed by atoms with Gasteiger partial charge in [0.25, 0.3) is 10.9 Å². The number of fused-ring (bicyclic) bond motifs is 3. The summed E-state index contributed by atoms with van der Waals surface area (Å²) in [6, 6.07) is 26.2. The summed E-state index contributed by atoms with van der Waals surface area (Å²) in [5, 5.41) is 3.25. The highest BCUT2D eigenvalue weighted by Crippen LogP contribution is 2.33. The van der Waals surface area contributed by atoms with Gasteiger partial charge < -0.3 is 15.8 Å². The Labute approximate surface area is 246 Å². The number of nitrogens with two attached hydrogens (primary N) is 1. The zero-order valence-electron chi connectivity index (χ0n) is 23.1. The van der Waals surface area contributed by atoms with Crippen molar-refractivity contribution in [3.63, 3.8) is 0 Å². The van der Waals surface area contributed by atoms with E-state index in [4.69, 9.17) is 20.4 Å². The number of ether oxygens (including phenoxy) is 1. The average molecular weight is 570 g/mol. The van der Waals surface area contributed by atoms with Crippen LogP contribution in [-0.4, -0.2) is 49.7 Å². The van der Waals surface area contributed by atoms with E-state index in [2.05, 4.69) is 39.5 Å². The van der Waals surface area contributed by atoms with E-state index in [0.717, 1.165) is 58.7 Å². The van der Waals surface area contributed by atoms with Gasteiger partial charge >= 0.3 is 0 Å². The van der Waals surface area contributed by atoms with E-state index in [-0.39, 0.29) is 17.9 Å². The molecule has 1 saturated heterocycles. The fraction of sp³-hybridized carbons (Fsp3) is 0.182. The Morgan fingerprint density at radius 3 is 2.58 bits per heavy atom. The molecular weight excluding hydrogens is 542 g/mol. The van der Waals surface area contributed by atoms with E-state index < -0.39 is 10.9 Å². The minimum atomic E-state index is -0.519. The summed E-state index contributed by atoms with van der Waals surface area (Å²) in [4.78, 5) is 40.3. The molecule has 3 aromatic carbocycles. The van der Waals surface area contributed by atoms with Crippen LogP contribution in [0.4, 0.5) is 11.5 Å². The molecule has 0 unspecified atom stereocenters. The quantitative estimate of drug-likeness (QED) is 0.298. The molecule has 0 radical (unpaired) electrons. The third-order valence-electron chi connectivity index (χ3n) is 8.35. The number of anilines is 2. The van der Waals surface area contributed by atoms with Crippen LogP contribution in [0.3, 0.4) is 0 Å². The van der Waals surface area contributed by atoms with Crippen molar-refractivity contribution >= 4 is 22.7 Å². The Hall–Kier alpha value is -5.35. The summed E-state index contributed by atoms with van der Waals surface area (Å²) < 4.78 is 7.89. The third-order valence-corrected chi connectivity index (χ3v) is 8.35. The molecule has 3 aromatic heterocycles. The van der Waals surface area contributed by atoms with Crippen LogP contribution in [0, 0.1) is 0 Å². The summed E-state index contributed by atoms with van der Waals surface area (Å²) in [7, 11) is 0. The molecule has 2 aliphatic heterocycles. The van der Waals surface area contributed by atoms with E-state index in [1.54, 1.807) is 6.20 Å². The maximum atomic E-state index is 11.9. The maximum Gasteiger partial charge on any atom is 0.272 e. The van der Waals surface area contributed by atoms with E-state index in [1.165, 1.54) is 0 Å². The number of rotatable bonds is 5. The zero-order valence-corrected chi connectivity index (χ0v) is 23.1. The monoisotopic (exact) mass is 569 g/mol. The van der Waals surface area contributed by atoms with Gasteiger partial charge in [0.15, 0.2) is 17.2 Å². The van der Waals surface area contributed by atoms with Crippen LogP contribution in [0.1, 0.15) is 12.0 Å². The van der Waals surface area contributed by atoms with Crippen LogP contribution in [0.25, 0.3) is 39.5 Å². The summed E-state index contributed by atoms with van der Waals surface area (Å²) in [6.45, 7) is 2.29. The van der Waals surface area contributed by atoms with Gasteiger partial charge in [0.05, 0.1) is 17.3 Å². The number of pyridine rings is 2. The predicted octanol–water partition coefficient (Wildman–Crippen LogP) is 3.78. The highest BCUT2D eigenvalue weighted by Gasteiger charge is 2.39. The summed E-state index contributed by atoms with van der Waals surface area (Å²) in [5.41, 5.74) is 11.8. The lowest BCUT2D eigenvalue weighted by molar-refractivity contribution is 0.0743. The normalized spacial score (nSPS) is 18.1. The second-order valence-electron chi connectivity index (χ2n) is 11.1. The molecule has 8 rings (SSSR count). The van der Waals surface area contributed by atoms with Gasteiger partial charge in [0.2, 0.25) is 0 Å². The Balaban J connectivity index is 1.11.